The summed E-state index contributed by atoms with van der Waals surface area (Å²) in [6.45, 7) is 0. The first-order valence-electron chi connectivity index (χ1n) is 5.19. The Hall–Kier alpha value is -1.52. The second-order valence-corrected chi connectivity index (χ2v) is 4.30. The van der Waals surface area contributed by atoms with Crippen molar-refractivity contribution in [3.05, 3.63) is 34.6 Å². The summed E-state index contributed by atoms with van der Waals surface area (Å²) in [5.41, 5.74) is 1.48. The molecule has 18 heavy (non-hydrogen) atoms. The Morgan fingerprint density at radius 2 is 1.94 bits per heavy atom. The summed E-state index contributed by atoms with van der Waals surface area (Å²) in [5, 5.41) is 3.92. The molecule has 0 aliphatic heterocycles. The molecule has 2 rings (SSSR count). The van der Waals surface area contributed by atoms with E-state index in [9.17, 15) is 0 Å². The Balaban J connectivity index is 2.59. The maximum absolute atomic E-state index is 6.00. The molecule has 2 aromatic rings. The lowest BCUT2D eigenvalue weighted by Crippen LogP contribution is -2.00. The molecule has 6 heteroatoms. The first-order valence-corrected chi connectivity index (χ1v) is 5.95. The van der Waals surface area contributed by atoms with Crippen LogP contribution in [-0.4, -0.2) is 24.1 Å². The maximum atomic E-state index is 6.00. The highest BCUT2D eigenvalue weighted by atomic mass is 35.5. The van der Waals surface area contributed by atoms with Crippen molar-refractivity contribution >= 4 is 29.0 Å². The van der Waals surface area contributed by atoms with Crippen molar-refractivity contribution < 1.29 is 4.74 Å². The van der Waals surface area contributed by atoms with Gasteiger partial charge >= 0.3 is 0 Å². The van der Waals surface area contributed by atoms with Crippen molar-refractivity contribution in [1.82, 2.24) is 9.97 Å². The number of benzene rings is 1. The van der Waals surface area contributed by atoms with Gasteiger partial charge in [0.05, 0.1) is 17.2 Å². The van der Waals surface area contributed by atoms with Gasteiger partial charge in [0.1, 0.15) is 12.0 Å². The zero-order valence-corrected chi connectivity index (χ0v) is 11.4. The summed E-state index contributed by atoms with van der Waals surface area (Å²) in [4.78, 5) is 8.31. The lowest BCUT2D eigenvalue weighted by Gasteiger charge is -2.11. The number of hydrogen-bond donors (Lipinski definition) is 1. The Bertz CT molecular complexity index is 575. The van der Waals surface area contributed by atoms with Crippen LogP contribution in [0.25, 0.3) is 11.3 Å². The van der Waals surface area contributed by atoms with E-state index in [1.54, 1.807) is 26.3 Å². The summed E-state index contributed by atoms with van der Waals surface area (Å²) >= 11 is 11.9. The van der Waals surface area contributed by atoms with Gasteiger partial charge in [0.25, 0.3) is 0 Å². The summed E-state index contributed by atoms with van der Waals surface area (Å²) < 4.78 is 5.33. The number of anilines is 1. The van der Waals surface area contributed by atoms with Gasteiger partial charge in [-0.25, -0.2) is 9.97 Å². The minimum Gasteiger partial charge on any atom is -0.491 e. The Labute approximate surface area is 115 Å². The standard InChI is InChI=1S/C12H11Cl2N3O/c1-15-12-11(18-2)10(16-6-17-12)7-3-4-8(13)9(14)5-7/h3-6H,1-2H3,(H,15,16,17). The smallest absolute Gasteiger partial charge is 0.187 e. The molecule has 1 aromatic carbocycles. The minimum atomic E-state index is 0.473. The fourth-order valence-electron chi connectivity index (χ4n) is 1.59. The van der Waals surface area contributed by atoms with E-state index in [1.165, 1.54) is 6.33 Å². The number of aromatic nitrogens is 2. The number of methoxy groups -OCH3 is 1. The highest BCUT2D eigenvalue weighted by molar-refractivity contribution is 6.42. The Morgan fingerprint density at radius 3 is 2.56 bits per heavy atom. The molecule has 0 saturated heterocycles. The number of ether oxygens (including phenoxy) is 1. The fourth-order valence-corrected chi connectivity index (χ4v) is 1.89. The van der Waals surface area contributed by atoms with E-state index < -0.39 is 0 Å². The van der Waals surface area contributed by atoms with Crippen LogP contribution in [0.15, 0.2) is 24.5 Å². The van der Waals surface area contributed by atoms with Crippen LogP contribution in [-0.2, 0) is 0 Å². The molecule has 4 nitrogen and oxygen atoms in total. The predicted molar refractivity (Wildman–Crippen MR) is 73.6 cm³/mol. The Morgan fingerprint density at radius 1 is 1.17 bits per heavy atom. The second kappa shape index (κ2) is 5.42. The number of nitrogens with zero attached hydrogens (tertiary/aromatic N) is 2. The molecule has 0 aliphatic rings. The summed E-state index contributed by atoms with van der Waals surface area (Å²) in [7, 11) is 3.34. The van der Waals surface area contributed by atoms with Crippen molar-refractivity contribution in [1.29, 1.82) is 0 Å². The average Bonchev–Trinajstić information content (AvgIpc) is 2.40. The number of rotatable bonds is 3. The second-order valence-electron chi connectivity index (χ2n) is 3.48. The third-order valence-electron chi connectivity index (χ3n) is 2.44. The molecule has 94 valence electrons. The molecule has 0 spiro atoms. The molecule has 0 aliphatic carbocycles. The van der Waals surface area contributed by atoms with Crippen LogP contribution in [0.2, 0.25) is 10.0 Å². The number of halogens is 2. The van der Waals surface area contributed by atoms with Crippen molar-refractivity contribution in [3.8, 4) is 17.0 Å². The van der Waals surface area contributed by atoms with Crippen molar-refractivity contribution in [2.45, 2.75) is 0 Å². The van der Waals surface area contributed by atoms with Gasteiger partial charge in [-0.15, -0.1) is 0 Å². The minimum absolute atomic E-state index is 0.473. The SMILES string of the molecule is CNc1ncnc(-c2ccc(Cl)c(Cl)c2)c1OC. The molecule has 0 fully saturated rings. The quantitative estimate of drug-likeness (QED) is 0.937. The van der Waals surface area contributed by atoms with Crippen LogP contribution in [0, 0.1) is 0 Å². The van der Waals surface area contributed by atoms with E-state index in [0.29, 0.717) is 27.3 Å². The van der Waals surface area contributed by atoms with Crippen molar-refractivity contribution in [2.24, 2.45) is 0 Å². The summed E-state index contributed by atoms with van der Waals surface area (Å²) in [5.74, 6) is 1.19. The first kappa shape index (κ1) is 12.9. The van der Waals surface area contributed by atoms with Gasteiger partial charge in [0.2, 0.25) is 0 Å². The largest absolute Gasteiger partial charge is 0.491 e. The molecule has 1 heterocycles. The van der Waals surface area contributed by atoms with Crippen LogP contribution < -0.4 is 10.1 Å². The van der Waals surface area contributed by atoms with Crippen molar-refractivity contribution in [2.75, 3.05) is 19.5 Å². The average molecular weight is 284 g/mol. The van der Waals surface area contributed by atoms with Crippen LogP contribution in [0.4, 0.5) is 5.82 Å². The molecule has 0 radical (unpaired) electrons. The van der Waals surface area contributed by atoms with Crippen LogP contribution in [0.1, 0.15) is 0 Å². The van der Waals surface area contributed by atoms with E-state index >= 15 is 0 Å². The van der Waals surface area contributed by atoms with E-state index in [0.717, 1.165) is 5.56 Å². The van der Waals surface area contributed by atoms with Gasteiger partial charge in [0, 0.05) is 12.6 Å². The van der Waals surface area contributed by atoms with Crippen molar-refractivity contribution in [3.63, 3.8) is 0 Å². The third-order valence-corrected chi connectivity index (χ3v) is 3.18. The van der Waals surface area contributed by atoms with E-state index in [-0.39, 0.29) is 0 Å². The molecular weight excluding hydrogens is 273 g/mol. The molecule has 0 saturated carbocycles. The van der Waals surface area contributed by atoms with E-state index in [4.69, 9.17) is 27.9 Å². The first-order chi connectivity index (χ1) is 8.67. The zero-order chi connectivity index (χ0) is 13.1. The van der Waals surface area contributed by atoms with Gasteiger partial charge in [-0.1, -0.05) is 29.3 Å². The monoisotopic (exact) mass is 283 g/mol. The van der Waals surface area contributed by atoms with Gasteiger partial charge in [-0.05, 0) is 12.1 Å². The fraction of sp³-hybridized carbons (Fsp3) is 0.167. The number of nitrogens with one attached hydrogen (secondary N) is 1. The molecule has 0 amide bonds. The van der Waals surface area contributed by atoms with Gasteiger partial charge < -0.3 is 10.1 Å². The Kier molecular flexibility index (Phi) is 3.89. The molecular formula is C12H11Cl2N3O. The lowest BCUT2D eigenvalue weighted by atomic mass is 10.1. The van der Waals surface area contributed by atoms with Gasteiger partial charge in [0.15, 0.2) is 11.6 Å². The highest BCUT2D eigenvalue weighted by Crippen LogP contribution is 2.35. The molecule has 0 atom stereocenters. The molecule has 0 unspecified atom stereocenters. The molecule has 1 aromatic heterocycles. The van der Waals surface area contributed by atoms with Crippen LogP contribution in [0.5, 0.6) is 5.75 Å². The molecule has 0 bridgehead atoms. The zero-order valence-electron chi connectivity index (χ0n) is 9.87. The lowest BCUT2D eigenvalue weighted by molar-refractivity contribution is 0.415. The highest BCUT2D eigenvalue weighted by Gasteiger charge is 2.13. The van der Waals surface area contributed by atoms with Gasteiger partial charge in [-0.2, -0.15) is 0 Å². The molecule has 1 N–H and O–H groups in total. The van der Waals surface area contributed by atoms with Crippen LogP contribution in [0.3, 0.4) is 0 Å². The normalized spacial score (nSPS) is 10.2. The maximum Gasteiger partial charge on any atom is 0.187 e. The summed E-state index contributed by atoms with van der Waals surface area (Å²) in [6.07, 6.45) is 1.46. The summed E-state index contributed by atoms with van der Waals surface area (Å²) in [6, 6.07) is 5.30. The number of hydrogen-bond acceptors (Lipinski definition) is 4. The van der Waals surface area contributed by atoms with Gasteiger partial charge in [-0.3, -0.25) is 0 Å². The van der Waals surface area contributed by atoms with E-state index in [1.807, 2.05) is 6.07 Å². The third kappa shape index (κ3) is 2.35. The topological polar surface area (TPSA) is 47.0 Å². The van der Waals surface area contributed by atoms with Crippen LogP contribution >= 0.6 is 23.2 Å². The predicted octanol–water partition coefficient (Wildman–Crippen LogP) is 3.50. The van der Waals surface area contributed by atoms with E-state index in [2.05, 4.69) is 15.3 Å².